The SMILES string of the molecule is CCOc1ccccc1-n1nnnc1SCC(=O)Nc1ccc(I)cc1. The van der Waals surface area contributed by atoms with Crippen molar-refractivity contribution in [2.24, 2.45) is 0 Å². The van der Waals surface area contributed by atoms with Crippen molar-refractivity contribution in [3.63, 3.8) is 0 Å². The van der Waals surface area contributed by atoms with Gasteiger partial charge in [-0.1, -0.05) is 23.9 Å². The Balaban J connectivity index is 1.68. The summed E-state index contributed by atoms with van der Waals surface area (Å²) in [4.78, 5) is 12.2. The Hall–Kier alpha value is -2.14. The highest BCUT2D eigenvalue weighted by molar-refractivity contribution is 14.1. The lowest BCUT2D eigenvalue weighted by molar-refractivity contribution is -0.113. The minimum Gasteiger partial charge on any atom is -0.492 e. The van der Waals surface area contributed by atoms with Crippen LogP contribution in [0.1, 0.15) is 6.92 Å². The number of hydrogen-bond donors (Lipinski definition) is 1. The van der Waals surface area contributed by atoms with Crippen LogP contribution in [0.5, 0.6) is 5.75 Å². The van der Waals surface area contributed by atoms with Gasteiger partial charge in [0.2, 0.25) is 11.1 Å². The van der Waals surface area contributed by atoms with Gasteiger partial charge in [0.25, 0.3) is 0 Å². The largest absolute Gasteiger partial charge is 0.492 e. The zero-order chi connectivity index (χ0) is 18.4. The van der Waals surface area contributed by atoms with Crippen LogP contribution in [-0.4, -0.2) is 38.5 Å². The molecule has 1 N–H and O–H groups in total. The molecule has 0 spiro atoms. The molecule has 3 rings (SSSR count). The number of para-hydroxylation sites is 2. The highest BCUT2D eigenvalue weighted by atomic mass is 127. The van der Waals surface area contributed by atoms with Crippen LogP contribution in [0.3, 0.4) is 0 Å². The number of nitrogens with zero attached hydrogens (tertiary/aromatic N) is 4. The van der Waals surface area contributed by atoms with Gasteiger partial charge in [-0.15, -0.1) is 5.10 Å². The van der Waals surface area contributed by atoms with E-state index >= 15 is 0 Å². The predicted octanol–water partition coefficient (Wildman–Crippen LogP) is 3.40. The summed E-state index contributed by atoms with van der Waals surface area (Å²) in [6, 6.07) is 15.1. The highest BCUT2D eigenvalue weighted by Crippen LogP contribution is 2.26. The topological polar surface area (TPSA) is 81.9 Å². The fourth-order valence-corrected chi connectivity index (χ4v) is 3.23. The predicted molar refractivity (Wildman–Crippen MR) is 109 cm³/mol. The van der Waals surface area contributed by atoms with Gasteiger partial charge in [-0.3, -0.25) is 4.79 Å². The van der Waals surface area contributed by atoms with Gasteiger partial charge in [-0.25, -0.2) is 0 Å². The maximum absolute atomic E-state index is 12.2. The number of tetrazole rings is 1. The minimum atomic E-state index is -0.121. The molecule has 3 aromatic rings. The summed E-state index contributed by atoms with van der Waals surface area (Å²) < 4.78 is 8.31. The van der Waals surface area contributed by atoms with E-state index in [-0.39, 0.29) is 11.7 Å². The van der Waals surface area contributed by atoms with Crippen LogP contribution < -0.4 is 10.1 Å². The molecule has 2 aromatic carbocycles. The van der Waals surface area contributed by atoms with Gasteiger partial charge in [0.1, 0.15) is 11.4 Å². The van der Waals surface area contributed by atoms with E-state index in [1.165, 1.54) is 11.8 Å². The molecule has 0 saturated carbocycles. The van der Waals surface area contributed by atoms with Crippen molar-refractivity contribution in [1.82, 2.24) is 20.2 Å². The molecule has 0 aliphatic rings. The van der Waals surface area contributed by atoms with Gasteiger partial charge in [-0.05, 0) is 76.3 Å². The number of aromatic nitrogens is 4. The van der Waals surface area contributed by atoms with Crippen LogP contribution in [0.25, 0.3) is 5.69 Å². The first-order valence-corrected chi connectivity index (χ1v) is 9.92. The second-order valence-corrected chi connectivity index (χ2v) is 7.31. The van der Waals surface area contributed by atoms with Crippen molar-refractivity contribution in [3.05, 3.63) is 52.1 Å². The standard InChI is InChI=1S/C17H16IN5O2S/c1-2-25-15-6-4-3-5-14(15)23-17(20-21-22-23)26-11-16(24)19-13-9-7-12(18)8-10-13/h3-10H,2,11H2,1H3,(H,19,24). The molecule has 1 amide bonds. The highest BCUT2D eigenvalue weighted by Gasteiger charge is 2.14. The van der Waals surface area contributed by atoms with E-state index < -0.39 is 0 Å². The summed E-state index contributed by atoms with van der Waals surface area (Å²) in [6.45, 7) is 2.46. The molecule has 1 aromatic heterocycles. The molecule has 0 aliphatic carbocycles. The molecule has 9 heteroatoms. The lowest BCUT2D eigenvalue weighted by Gasteiger charge is -2.10. The van der Waals surface area contributed by atoms with Gasteiger partial charge in [0.05, 0.1) is 12.4 Å². The second kappa shape index (κ2) is 8.99. The van der Waals surface area contributed by atoms with Crippen molar-refractivity contribution in [1.29, 1.82) is 0 Å². The normalized spacial score (nSPS) is 10.5. The number of amides is 1. The molecule has 0 radical (unpaired) electrons. The van der Waals surface area contributed by atoms with Crippen LogP contribution in [0.2, 0.25) is 0 Å². The number of carbonyl (C=O) groups is 1. The smallest absolute Gasteiger partial charge is 0.234 e. The molecular weight excluding hydrogens is 465 g/mol. The summed E-state index contributed by atoms with van der Waals surface area (Å²) in [5.74, 6) is 0.764. The number of ether oxygens (including phenoxy) is 1. The molecule has 0 atom stereocenters. The van der Waals surface area contributed by atoms with Gasteiger partial charge in [0.15, 0.2) is 0 Å². The third kappa shape index (κ3) is 4.73. The van der Waals surface area contributed by atoms with Crippen molar-refractivity contribution in [3.8, 4) is 11.4 Å². The fourth-order valence-electron chi connectivity index (χ4n) is 2.19. The Morgan fingerprint density at radius 2 is 2.00 bits per heavy atom. The number of halogens is 1. The number of rotatable bonds is 7. The second-order valence-electron chi connectivity index (χ2n) is 5.12. The van der Waals surface area contributed by atoms with E-state index in [1.807, 2.05) is 55.5 Å². The molecule has 1 heterocycles. The van der Waals surface area contributed by atoms with Gasteiger partial charge in [-0.2, -0.15) is 4.68 Å². The maximum Gasteiger partial charge on any atom is 0.234 e. The first-order chi connectivity index (χ1) is 12.7. The quantitative estimate of drug-likeness (QED) is 0.412. The van der Waals surface area contributed by atoms with Crippen molar-refractivity contribution < 1.29 is 9.53 Å². The Labute approximate surface area is 168 Å². The summed E-state index contributed by atoms with van der Waals surface area (Å²) in [5, 5.41) is 15.1. The summed E-state index contributed by atoms with van der Waals surface area (Å²) in [7, 11) is 0. The third-order valence-electron chi connectivity index (χ3n) is 3.29. The molecule has 7 nitrogen and oxygen atoms in total. The molecule has 0 saturated heterocycles. The maximum atomic E-state index is 12.2. The fraction of sp³-hybridized carbons (Fsp3) is 0.176. The average molecular weight is 481 g/mol. The first-order valence-electron chi connectivity index (χ1n) is 7.86. The molecule has 26 heavy (non-hydrogen) atoms. The van der Waals surface area contributed by atoms with E-state index in [2.05, 4.69) is 43.4 Å². The lowest BCUT2D eigenvalue weighted by atomic mass is 10.3. The summed E-state index contributed by atoms with van der Waals surface area (Å²) in [6.07, 6.45) is 0. The van der Waals surface area contributed by atoms with Gasteiger partial charge in [0, 0.05) is 9.26 Å². The molecule has 0 aliphatic heterocycles. The Morgan fingerprint density at radius 3 is 2.77 bits per heavy atom. The minimum absolute atomic E-state index is 0.121. The lowest BCUT2D eigenvalue weighted by Crippen LogP contribution is -2.14. The van der Waals surface area contributed by atoms with Crippen LogP contribution in [-0.2, 0) is 4.79 Å². The number of hydrogen-bond acceptors (Lipinski definition) is 6. The molecule has 134 valence electrons. The summed E-state index contributed by atoms with van der Waals surface area (Å²) >= 11 is 3.48. The number of carbonyl (C=O) groups excluding carboxylic acids is 1. The van der Waals surface area contributed by atoms with Gasteiger partial charge >= 0.3 is 0 Å². The van der Waals surface area contributed by atoms with Crippen LogP contribution in [0.4, 0.5) is 5.69 Å². The number of anilines is 1. The first kappa shape index (κ1) is 18.6. The third-order valence-corrected chi connectivity index (χ3v) is 4.93. The van der Waals surface area contributed by atoms with Crippen LogP contribution in [0.15, 0.2) is 53.7 Å². The van der Waals surface area contributed by atoms with E-state index in [4.69, 9.17) is 4.74 Å². The zero-order valence-electron chi connectivity index (χ0n) is 13.9. The van der Waals surface area contributed by atoms with E-state index in [1.54, 1.807) is 4.68 Å². The monoisotopic (exact) mass is 481 g/mol. The number of thioether (sulfide) groups is 1. The van der Waals surface area contributed by atoms with Crippen LogP contribution in [0, 0.1) is 3.57 Å². The van der Waals surface area contributed by atoms with E-state index in [0.29, 0.717) is 17.5 Å². The number of benzene rings is 2. The number of nitrogens with one attached hydrogen (secondary N) is 1. The average Bonchev–Trinajstić information content (AvgIpc) is 3.11. The molecule has 0 bridgehead atoms. The van der Waals surface area contributed by atoms with Crippen molar-refractivity contribution >= 4 is 45.9 Å². The Morgan fingerprint density at radius 1 is 1.23 bits per heavy atom. The molecule has 0 fully saturated rings. The van der Waals surface area contributed by atoms with Gasteiger partial charge < -0.3 is 10.1 Å². The van der Waals surface area contributed by atoms with Crippen molar-refractivity contribution in [2.45, 2.75) is 12.1 Å². The van der Waals surface area contributed by atoms with Crippen LogP contribution >= 0.6 is 34.4 Å². The van der Waals surface area contributed by atoms with Crippen molar-refractivity contribution in [2.75, 3.05) is 17.7 Å². The van der Waals surface area contributed by atoms with E-state index in [0.717, 1.165) is 14.9 Å². The Kier molecular flexibility index (Phi) is 6.45. The molecule has 0 unspecified atom stereocenters. The molecular formula is C17H16IN5O2S. The van der Waals surface area contributed by atoms with E-state index in [9.17, 15) is 4.79 Å². The zero-order valence-corrected chi connectivity index (χ0v) is 16.9. The summed E-state index contributed by atoms with van der Waals surface area (Å²) in [5.41, 5.74) is 1.50. The Bertz CT molecular complexity index is 885.